The maximum atomic E-state index is 12.6. The Hall–Kier alpha value is -3.28. The summed E-state index contributed by atoms with van der Waals surface area (Å²) in [6, 6.07) is 11.4. The summed E-state index contributed by atoms with van der Waals surface area (Å²) in [6.45, 7) is 4.41. The monoisotopic (exact) mass is 390 g/mol. The smallest absolute Gasteiger partial charge is 0.322 e. The van der Waals surface area contributed by atoms with Gasteiger partial charge in [0.05, 0.1) is 7.11 Å². The Bertz CT molecular complexity index is 1040. The van der Waals surface area contributed by atoms with Crippen LogP contribution in [0.1, 0.15) is 25.3 Å². The van der Waals surface area contributed by atoms with Crippen LogP contribution in [0.4, 0.5) is 10.5 Å². The van der Waals surface area contributed by atoms with E-state index in [2.05, 4.69) is 40.1 Å². The standard InChI is InChI=1S/C23H26N4O2/c1-3-13-27-16-21(20-5-4-12-24-22(20)27)17-10-14-26(15-11-17)23(28)25-18-6-8-19(29-2)9-7-18/h4-10,12,16H,3,11,13-15H2,1-2H3,(H,25,28). The number of amides is 2. The highest BCUT2D eigenvalue weighted by atomic mass is 16.5. The average molecular weight is 390 g/mol. The first-order chi connectivity index (χ1) is 14.2. The molecule has 0 fully saturated rings. The van der Waals surface area contributed by atoms with Crippen LogP contribution in [0.3, 0.4) is 0 Å². The number of carbonyl (C=O) groups excluding carboxylic acids is 1. The third-order valence-corrected chi connectivity index (χ3v) is 5.28. The van der Waals surface area contributed by atoms with Gasteiger partial charge in [-0.25, -0.2) is 9.78 Å². The summed E-state index contributed by atoms with van der Waals surface area (Å²) in [5.41, 5.74) is 4.31. The van der Waals surface area contributed by atoms with Gasteiger partial charge in [-0.05, 0) is 54.8 Å². The Kier molecular flexibility index (Phi) is 5.51. The summed E-state index contributed by atoms with van der Waals surface area (Å²) in [7, 11) is 1.63. The number of pyridine rings is 1. The molecular formula is C23H26N4O2. The highest BCUT2D eigenvalue weighted by Gasteiger charge is 2.20. The zero-order valence-corrected chi connectivity index (χ0v) is 16.9. The molecule has 0 atom stereocenters. The highest BCUT2D eigenvalue weighted by molar-refractivity contribution is 5.93. The number of urea groups is 1. The second kappa shape index (κ2) is 8.39. The Morgan fingerprint density at radius 2 is 2.07 bits per heavy atom. The van der Waals surface area contributed by atoms with Gasteiger partial charge in [0.15, 0.2) is 0 Å². The molecule has 0 saturated carbocycles. The van der Waals surface area contributed by atoms with Crippen LogP contribution in [0, 0.1) is 0 Å². The molecular weight excluding hydrogens is 364 g/mol. The lowest BCUT2D eigenvalue weighted by molar-refractivity contribution is 0.217. The topological polar surface area (TPSA) is 59.4 Å². The van der Waals surface area contributed by atoms with Crippen molar-refractivity contribution in [3.63, 3.8) is 0 Å². The fourth-order valence-electron chi connectivity index (χ4n) is 3.76. The third kappa shape index (κ3) is 3.97. The van der Waals surface area contributed by atoms with Gasteiger partial charge in [0, 0.05) is 48.7 Å². The number of benzene rings is 1. The van der Waals surface area contributed by atoms with E-state index in [9.17, 15) is 4.79 Å². The predicted molar refractivity (Wildman–Crippen MR) is 116 cm³/mol. The second-order valence-corrected chi connectivity index (χ2v) is 7.19. The number of rotatable bonds is 5. The van der Waals surface area contributed by atoms with Crippen LogP contribution in [0.2, 0.25) is 0 Å². The molecule has 1 aliphatic heterocycles. The first-order valence-electron chi connectivity index (χ1n) is 10.0. The summed E-state index contributed by atoms with van der Waals surface area (Å²) in [6.07, 6.45) is 8.11. The van der Waals surface area contributed by atoms with Gasteiger partial charge in [0.25, 0.3) is 0 Å². The van der Waals surface area contributed by atoms with Crippen LogP contribution in [-0.4, -0.2) is 40.7 Å². The molecule has 6 nitrogen and oxygen atoms in total. The lowest BCUT2D eigenvalue weighted by Crippen LogP contribution is -2.37. The van der Waals surface area contributed by atoms with Gasteiger partial charge < -0.3 is 19.5 Å². The number of ether oxygens (including phenoxy) is 1. The number of nitrogens with zero attached hydrogens (tertiary/aromatic N) is 3. The first kappa shape index (κ1) is 19.1. The van der Waals surface area contributed by atoms with Crippen LogP contribution in [-0.2, 0) is 6.54 Å². The van der Waals surface area contributed by atoms with E-state index in [-0.39, 0.29) is 6.03 Å². The number of carbonyl (C=O) groups is 1. The average Bonchev–Trinajstić information content (AvgIpc) is 3.13. The molecule has 29 heavy (non-hydrogen) atoms. The zero-order valence-electron chi connectivity index (χ0n) is 16.9. The molecule has 1 N–H and O–H groups in total. The fourth-order valence-corrected chi connectivity index (χ4v) is 3.76. The third-order valence-electron chi connectivity index (χ3n) is 5.28. The number of fused-ring (bicyclic) bond motifs is 1. The van der Waals surface area contributed by atoms with Crippen molar-refractivity contribution in [3.8, 4) is 5.75 Å². The second-order valence-electron chi connectivity index (χ2n) is 7.19. The molecule has 0 radical (unpaired) electrons. The number of nitrogens with one attached hydrogen (secondary N) is 1. The predicted octanol–water partition coefficient (Wildman–Crippen LogP) is 4.78. The number of hydrogen-bond acceptors (Lipinski definition) is 3. The highest BCUT2D eigenvalue weighted by Crippen LogP contribution is 2.30. The number of aryl methyl sites for hydroxylation is 1. The maximum Gasteiger partial charge on any atom is 0.322 e. The van der Waals surface area contributed by atoms with Crippen molar-refractivity contribution >= 4 is 28.3 Å². The summed E-state index contributed by atoms with van der Waals surface area (Å²) < 4.78 is 7.39. The van der Waals surface area contributed by atoms with Gasteiger partial charge in [-0.1, -0.05) is 13.0 Å². The van der Waals surface area contributed by atoms with Gasteiger partial charge in [-0.2, -0.15) is 0 Å². The van der Waals surface area contributed by atoms with E-state index < -0.39 is 0 Å². The van der Waals surface area contributed by atoms with E-state index in [0.29, 0.717) is 13.1 Å². The van der Waals surface area contributed by atoms with E-state index >= 15 is 0 Å². The van der Waals surface area contributed by atoms with Crippen molar-refractivity contribution in [2.75, 3.05) is 25.5 Å². The summed E-state index contributed by atoms with van der Waals surface area (Å²) >= 11 is 0. The Morgan fingerprint density at radius 1 is 1.24 bits per heavy atom. The zero-order chi connectivity index (χ0) is 20.2. The fraction of sp³-hybridized carbons (Fsp3) is 0.304. The summed E-state index contributed by atoms with van der Waals surface area (Å²) in [5, 5.41) is 4.14. The number of hydrogen-bond donors (Lipinski definition) is 1. The quantitative estimate of drug-likeness (QED) is 0.682. The van der Waals surface area contributed by atoms with E-state index in [1.54, 1.807) is 7.11 Å². The Balaban J connectivity index is 1.48. The van der Waals surface area contributed by atoms with Crippen molar-refractivity contribution in [3.05, 3.63) is 60.4 Å². The van der Waals surface area contributed by atoms with E-state index in [1.165, 1.54) is 16.5 Å². The number of methoxy groups -OCH3 is 1. The largest absolute Gasteiger partial charge is 0.497 e. The Morgan fingerprint density at radius 3 is 2.76 bits per heavy atom. The normalized spacial score (nSPS) is 14.0. The van der Waals surface area contributed by atoms with Crippen LogP contribution in [0.25, 0.3) is 16.6 Å². The minimum atomic E-state index is -0.0828. The van der Waals surface area contributed by atoms with Gasteiger partial charge >= 0.3 is 6.03 Å². The molecule has 0 bridgehead atoms. The van der Waals surface area contributed by atoms with Crippen molar-refractivity contribution < 1.29 is 9.53 Å². The molecule has 2 aromatic heterocycles. The van der Waals surface area contributed by atoms with Crippen LogP contribution >= 0.6 is 0 Å². The molecule has 3 heterocycles. The van der Waals surface area contributed by atoms with E-state index in [4.69, 9.17) is 4.74 Å². The van der Waals surface area contributed by atoms with Gasteiger partial charge in [0.2, 0.25) is 0 Å². The minimum absolute atomic E-state index is 0.0828. The molecule has 150 valence electrons. The molecule has 1 aliphatic rings. The van der Waals surface area contributed by atoms with Gasteiger partial charge in [0.1, 0.15) is 11.4 Å². The summed E-state index contributed by atoms with van der Waals surface area (Å²) in [5.74, 6) is 0.769. The minimum Gasteiger partial charge on any atom is -0.497 e. The molecule has 4 rings (SSSR count). The van der Waals surface area contributed by atoms with Crippen LogP contribution < -0.4 is 10.1 Å². The van der Waals surface area contributed by atoms with Gasteiger partial charge in [-0.3, -0.25) is 0 Å². The maximum absolute atomic E-state index is 12.6. The number of anilines is 1. The lowest BCUT2D eigenvalue weighted by Gasteiger charge is -2.26. The number of aromatic nitrogens is 2. The van der Waals surface area contributed by atoms with Crippen molar-refractivity contribution in [1.82, 2.24) is 14.5 Å². The molecule has 0 unspecified atom stereocenters. The summed E-state index contributed by atoms with van der Waals surface area (Å²) in [4.78, 5) is 19.0. The lowest BCUT2D eigenvalue weighted by atomic mass is 10.00. The first-order valence-corrected chi connectivity index (χ1v) is 10.0. The van der Waals surface area contributed by atoms with Crippen molar-refractivity contribution in [2.24, 2.45) is 0 Å². The van der Waals surface area contributed by atoms with Crippen LogP contribution in [0.5, 0.6) is 5.75 Å². The van der Waals surface area contributed by atoms with E-state index in [1.807, 2.05) is 41.4 Å². The van der Waals surface area contributed by atoms with Crippen molar-refractivity contribution in [1.29, 1.82) is 0 Å². The van der Waals surface area contributed by atoms with Crippen LogP contribution in [0.15, 0.2) is 54.9 Å². The molecule has 2 amide bonds. The Labute approximate surface area is 170 Å². The molecule has 3 aromatic rings. The van der Waals surface area contributed by atoms with Crippen molar-refractivity contribution in [2.45, 2.75) is 26.3 Å². The van der Waals surface area contributed by atoms with E-state index in [0.717, 1.165) is 36.5 Å². The molecule has 1 aromatic carbocycles. The molecule has 0 aliphatic carbocycles. The molecule has 0 spiro atoms. The molecule has 0 saturated heterocycles. The molecule has 6 heteroatoms. The SMILES string of the molecule is CCCn1cc(C2=CCN(C(=O)Nc3ccc(OC)cc3)CC2)c2cccnc21. The van der Waals surface area contributed by atoms with Gasteiger partial charge in [-0.15, -0.1) is 0 Å².